The second-order valence-corrected chi connectivity index (χ2v) is 1.69. The molecule has 0 aliphatic heterocycles. The molecule has 0 bridgehead atoms. The van der Waals surface area contributed by atoms with E-state index in [4.69, 9.17) is 5.26 Å². The molecule has 0 spiro atoms. The third-order valence-corrected chi connectivity index (χ3v) is 0.589. The molecule has 0 heterocycles. The highest BCUT2D eigenvalue weighted by atomic mass is 35.5. The van der Waals surface area contributed by atoms with E-state index in [2.05, 4.69) is 5.32 Å². The van der Waals surface area contributed by atoms with Gasteiger partial charge in [-0.3, -0.25) is 0 Å². The molecular weight excluding hydrogens is 124 g/mol. The van der Waals surface area contributed by atoms with Gasteiger partial charge in [0.05, 0.1) is 12.6 Å². The van der Waals surface area contributed by atoms with Crippen LogP contribution in [0.3, 0.4) is 0 Å². The molecular formula is C5H11ClN2. The van der Waals surface area contributed by atoms with Crippen LogP contribution in [0.4, 0.5) is 0 Å². The first kappa shape index (κ1) is 10.7. The molecule has 0 aromatic rings. The Morgan fingerprint density at radius 2 is 2.12 bits per heavy atom. The van der Waals surface area contributed by atoms with E-state index in [1.165, 1.54) is 0 Å². The molecule has 1 N–H and O–H groups in total. The Labute approximate surface area is 56.3 Å². The first-order valence-corrected chi connectivity index (χ1v) is 2.37. The predicted octanol–water partition coefficient (Wildman–Crippen LogP) is 0.930. The van der Waals surface area contributed by atoms with Crippen molar-refractivity contribution in [3.05, 3.63) is 0 Å². The monoisotopic (exact) mass is 134 g/mol. The predicted molar refractivity (Wildman–Crippen MR) is 36.0 cm³/mol. The van der Waals surface area contributed by atoms with Gasteiger partial charge in [-0.2, -0.15) is 5.26 Å². The van der Waals surface area contributed by atoms with Crippen molar-refractivity contribution >= 4 is 12.4 Å². The number of hydrogen-bond donors (Lipinski definition) is 1. The largest absolute Gasteiger partial charge is 0.302 e. The Morgan fingerprint density at radius 3 is 2.25 bits per heavy atom. The lowest BCUT2D eigenvalue weighted by Gasteiger charge is -1.99. The number of nitrogens with one attached hydrogen (secondary N) is 1. The summed E-state index contributed by atoms with van der Waals surface area (Å²) in [6, 6.07) is 2.42. The molecule has 2 nitrogen and oxygen atoms in total. The van der Waals surface area contributed by atoms with Gasteiger partial charge in [0.2, 0.25) is 0 Å². The smallest absolute Gasteiger partial charge is 0.0842 e. The lowest BCUT2D eigenvalue weighted by atomic mass is 10.4. The average molecular weight is 135 g/mol. The third-order valence-electron chi connectivity index (χ3n) is 0.589. The van der Waals surface area contributed by atoms with Crippen LogP contribution in [0.5, 0.6) is 0 Å². The van der Waals surface area contributed by atoms with E-state index in [1.54, 1.807) is 0 Å². The molecule has 0 unspecified atom stereocenters. The van der Waals surface area contributed by atoms with E-state index in [0.29, 0.717) is 12.6 Å². The van der Waals surface area contributed by atoms with Gasteiger partial charge in [-0.1, -0.05) is 0 Å². The number of nitriles is 1. The van der Waals surface area contributed by atoms with Crippen molar-refractivity contribution in [2.24, 2.45) is 0 Å². The van der Waals surface area contributed by atoms with E-state index >= 15 is 0 Å². The van der Waals surface area contributed by atoms with Gasteiger partial charge in [0.1, 0.15) is 0 Å². The first-order valence-electron chi connectivity index (χ1n) is 2.37. The first-order chi connectivity index (χ1) is 3.27. The van der Waals surface area contributed by atoms with Gasteiger partial charge in [-0.05, 0) is 13.8 Å². The molecule has 0 amide bonds. The van der Waals surface area contributed by atoms with Crippen molar-refractivity contribution in [1.29, 1.82) is 5.26 Å². The summed E-state index contributed by atoms with van der Waals surface area (Å²) in [4.78, 5) is 0. The quantitative estimate of drug-likeness (QED) is 0.571. The van der Waals surface area contributed by atoms with Crippen LogP contribution in [0, 0.1) is 11.3 Å². The Kier molecular flexibility index (Phi) is 8.99. The van der Waals surface area contributed by atoms with E-state index in [9.17, 15) is 0 Å². The van der Waals surface area contributed by atoms with Crippen LogP contribution in [-0.2, 0) is 0 Å². The summed E-state index contributed by atoms with van der Waals surface area (Å²) in [6.07, 6.45) is 0. The van der Waals surface area contributed by atoms with E-state index in [0.717, 1.165) is 0 Å². The molecule has 0 radical (unpaired) electrons. The van der Waals surface area contributed by atoms with Crippen LogP contribution in [-0.4, -0.2) is 12.6 Å². The molecule has 48 valence electrons. The zero-order chi connectivity index (χ0) is 5.70. The van der Waals surface area contributed by atoms with Crippen molar-refractivity contribution in [2.75, 3.05) is 6.54 Å². The number of nitrogens with zero attached hydrogens (tertiary/aromatic N) is 1. The summed E-state index contributed by atoms with van der Waals surface area (Å²) in [5.74, 6) is 0. The van der Waals surface area contributed by atoms with Gasteiger partial charge < -0.3 is 5.32 Å². The summed E-state index contributed by atoms with van der Waals surface area (Å²) >= 11 is 0. The van der Waals surface area contributed by atoms with Crippen LogP contribution in [0.15, 0.2) is 0 Å². The van der Waals surface area contributed by atoms with Crippen molar-refractivity contribution in [1.82, 2.24) is 5.32 Å². The summed E-state index contributed by atoms with van der Waals surface area (Å²) in [5, 5.41) is 10.9. The minimum Gasteiger partial charge on any atom is -0.302 e. The second-order valence-electron chi connectivity index (χ2n) is 1.69. The standard InChI is InChI=1S/C5H10N2.ClH/c1-5(2)7-4-3-6;/h5,7H,4H2,1-2H3;1H. The Hall–Kier alpha value is -0.260. The highest BCUT2D eigenvalue weighted by Crippen LogP contribution is 1.70. The van der Waals surface area contributed by atoms with Crippen LogP contribution >= 0.6 is 12.4 Å². The molecule has 0 saturated heterocycles. The van der Waals surface area contributed by atoms with Gasteiger partial charge >= 0.3 is 0 Å². The maximum Gasteiger partial charge on any atom is 0.0842 e. The molecule has 0 rings (SSSR count). The third kappa shape index (κ3) is 9.22. The fourth-order valence-corrected chi connectivity index (χ4v) is 0.250. The van der Waals surface area contributed by atoms with Crippen molar-refractivity contribution in [3.63, 3.8) is 0 Å². The minimum atomic E-state index is 0. The van der Waals surface area contributed by atoms with Crippen molar-refractivity contribution < 1.29 is 0 Å². The number of hydrogen-bond acceptors (Lipinski definition) is 2. The van der Waals surface area contributed by atoms with E-state index in [1.807, 2.05) is 19.9 Å². The Morgan fingerprint density at radius 1 is 1.62 bits per heavy atom. The summed E-state index contributed by atoms with van der Waals surface area (Å²) < 4.78 is 0. The van der Waals surface area contributed by atoms with Gasteiger partial charge in [0, 0.05) is 6.04 Å². The second kappa shape index (κ2) is 6.74. The summed E-state index contributed by atoms with van der Waals surface area (Å²) in [7, 11) is 0. The van der Waals surface area contributed by atoms with Crippen molar-refractivity contribution in [3.8, 4) is 6.07 Å². The maximum absolute atomic E-state index is 8.00. The molecule has 0 atom stereocenters. The molecule has 0 aromatic heterocycles. The van der Waals surface area contributed by atoms with E-state index < -0.39 is 0 Å². The molecule has 0 aliphatic rings. The van der Waals surface area contributed by atoms with Gasteiger partial charge in [0.25, 0.3) is 0 Å². The summed E-state index contributed by atoms with van der Waals surface area (Å²) in [5.41, 5.74) is 0. The van der Waals surface area contributed by atoms with Gasteiger partial charge in [-0.25, -0.2) is 0 Å². The average Bonchev–Trinajstić information content (AvgIpc) is 1.61. The fourth-order valence-electron chi connectivity index (χ4n) is 0.250. The lowest BCUT2D eigenvalue weighted by Crippen LogP contribution is -2.22. The van der Waals surface area contributed by atoms with Gasteiger partial charge in [0.15, 0.2) is 0 Å². The molecule has 0 fully saturated rings. The fraction of sp³-hybridized carbons (Fsp3) is 0.800. The van der Waals surface area contributed by atoms with Crippen LogP contribution in [0.1, 0.15) is 13.8 Å². The highest BCUT2D eigenvalue weighted by molar-refractivity contribution is 5.85. The normalized spacial score (nSPS) is 7.75. The molecule has 0 saturated carbocycles. The highest BCUT2D eigenvalue weighted by Gasteiger charge is 1.85. The Balaban J connectivity index is 0. The SMILES string of the molecule is CC(C)NCC#N.Cl. The lowest BCUT2D eigenvalue weighted by molar-refractivity contribution is 0.636. The summed E-state index contributed by atoms with van der Waals surface area (Å²) in [6.45, 7) is 4.48. The number of rotatable bonds is 2. The molecule has 3 heteroatoms. The van der Waals surface area contributed by atoms with E-state index in [-0.39, 0.29) is 12.4 Å². The minimum absolute atomic E-state index is 0. The topological polar surface area (TPSA) is 35.8 Å². The molecule has 8 heavy (non-hydrogen) atoms. The van der Waals surface area contributed by atoms with Crippen molar-refractivity contribution in [2.45, 2.75) is 19.9 Å². The van der Waals surface area contributed by atoms with Crippen LogP contribution < -0.4 is 5.32 Å². The van der Waals surface area contributed by atoms with Crippen LogP contribution in [0.2, 0.25) is 0 Å². The molecule has 0 aromatic carbocycles. The maximum atomic E-state index is 8.00. The zero-order valence-electron chi connectivity index (χ0n) is 5.14. The Bertz CT molecular complexity index is 75.0. The molecule has 0 aliphatic carbocycles. The number of halogens is 1. The zero-order valence-corrected chi connectivity index (χ0v) is 5.96. The van der Waals surface area contributed by atoms with Crippen LogP contribution in [0.25, 0.3) is 0 Å². The van der Waals surface area contributed by atoms with Gasteiger partial charge in [-0.15, -0.1) is 12.4 Å².